The van der Waals surface area contributed by atoms with E-state index in [0.717, 1.165) is 13.1 Å². The lowest BCUT2D eigenvalue weighted by molar-refractivity contribution is 0.150. The van der Waals surface area contributed by atoms with Crippen LogP contribution in [-0.4, -0.2) is 48.1 Å². The topological polar surface area (TPSA) is 30.3 Å². The lowest BCUT2D eigenvalue weighted by Crippen LogP contribution is -2.44. The molecule has 0 aromatic rings. The summed E-state index contributed by atoms with van der Waals surface area (Å²) in [5.41, 5.74) is 0. The first kappa shape index (κ1) is 12.5. The second kappa shape index (κ2) is 5.48. The molecule has 1 saturated heterocycles. The van der Waals surface area contributed by atoms with Gasteiger partial charge in [-0.2, -0.15) is 5.26 Å². The van der Waals surface area contributed by atoms with Gasteiger partial charge in [0, 0.05) is 31.2 Å². The van der Waals surface area contributed by atoms with Gasteiger partial charge in [0.15, 0.2) is 0 Å². The maximum absolute atomic E-state index is 8.87. The molecule has 0 saturated carbocycles. The van der Waals surface area contributed by atoms with E-state index in [0.29, 0.717) is 24.5 Å². The molecule has 1 heterocycles. The van der Waals surface area contributed by atoms with E-state index in [1.807, 2.05) is 0 Å². The van der Waals surface area contributed by atoms with Crippen molar-refractivity contribution in [1.82, 2.24) is 9.80 Å². The zero-order valence-corrected chi connectivity index (χ0v) is 10.4. The van der Waals surface area contributed by atoms with Gasteiger partial charge in [-0.1, -0.05) is 0 Å². The number of rotatable bonds is 2. The van der Waals surface area contributed by atoms with E-state index in [-0.39, 0.29) is 0 Å². The minimum Gasteiger partial charge on any atom is -0.302 e. The van der Waals surface area contributed by atoms with Crippen LogP contribution in [0.25, 0.3) is 0 Å². The summed E-state index contributed by atoms with van der Waals surface area (Å²) < 4.78 is 0. The molecule has 0 aliphatic carbocycles. The lowest BCUT2D eigenvalue weighted by atomic mass is 10.1. The number of hydrogen-bond acceptors (Lipinski definition) is 3. The van der Waals surface area contributed by atoms with Gasteiger partial charge >= 0.3 is 0 Å². The molecule has 1 rings (SSSR count). The van der Waals surface area contributed by atoms with Gasteiger partial charge in [-0.3, -0.25) is 4.90 Å². The highest BCUT2D eigenvalue weighted by molar-refractivity contribution is 4.89. The van der Waals surface area contributed by atoms with Gasteiger partial charge in [0.05, 0.1) is 12.5 Å². The van der Waals surface area contributed by atoms with Crippen LogP contribution < -0.4 is 0 Å². The molecule has 0 N–H and O–H groups in total. The van der Waals surface area contributed by atoms with Gasteiger partial charge in [-0.15, -0.1) is 0 Å². The molecule has 0 aromatic heterocycles. The maximum atomic E-state index is 8.87. The standard InChI is InChI=1S/C12H23N3/c1-10(2)15-8-6-11(3)14(4)9-12(15)5-7-13/h10-12H,5-6,8-9H2,1-4H3. The van der Waals surface area contributed by atoms with Gasteiger partial charge in [-0.25, -0.2) is 0 Å². The number of hydrogen-bond donors (Lipinski definition) is 0. The smallest absolute Gasteiger partial charge is 0.0638 e. The van der Waals surface area contributed by atoms with E-state index in [1.165, 1.54) is 6.42 Å². The molecular weight excluding hydrogens is 186 g/mol. The Balaban J connectivity index is 2.72. The van der Waals surface area contributed by atoms with Crippen LogP contribution in [0.5, 0.6) is 0 Å². The van der Waals surface area contributed by atoms with Gasteiger partial charge in [0.1, 0.15) is 0 Å². The van der Waals surface area contributed by atoms with E-state index >= 15 is 0 Å². The summed E-state index contributed by atoms with van der Waals surface area (Å²) >= 11 is 0. The Bertz CT molecular complexity index is 232. The van der Waals surface area contributed by atoms with Crippen LogP contribution in [-0.2, 0) is 0 Å². The van der Waals surface area contributed by atoms with Crippen molar-refractivity contribution < 1.29 is 0 Å². The molecule has 1 aliphatic rings. The average molecular weight is 209 g/mol. The van der Waals surface area contributed by atoms with Crippen LogP contribution in [0.15, 0.2) is 0 Å². The monoisotopic (exact) mass is 209 g/mol. The summed E-state index contributed by atoms with van der Waals surface area (Å²) in [7, 11) is 2.17. The summed E-state index contributed by atoms with van der Waals surface area (Å²) in [6, 6.07) is 3.90. The van der Waals surface area contributed by atoms with Crippen LogP contribution in [0.4, 0.5) is 0 Å². The highest BCUT2D eigenvalue weighted by atomic mass is 15.3. The largest absolute Gasteiger partial charge is 0.302 e. The molecule has 0 spiro atoms. The molecule has 0 radical (unpaired) electrons. The summed E-state index contributed by atoms with van der Waals surface area (Å²) in [5.74, 6) is 0. The first-order valence-electron chi connectivity index (χ1n) is 5.89. The molecule has 2 unspecified atom stereocenters. The molecule has 1 fully saturated rings. The normalized spacial score (nSPS) is 30.1. The van der Waals surface area contributed by atoms with Gasteiger partial charge in [0.25, 0.3) is 0 Å². The average Bonchev–Trinajstić information content (AvgIpc) is 2.28. The third-order valence-corrected chi connectivity index (χ3v) is 3.52. The summed E-state index contributed by atoms with van der Waals surface area (Å²) in [5, 5.41) is 8.87. The van der Waals surface area contributed by atoms with Gasteiger partial charge in [-0.05, 0) is 34.2 Å². The van der Waals surface area contributed by atoms with Crippen molar-refractivity contribution >= 4 is 0 Å². The third-order valence-electron chi connectivity index (χ3n) is 3.52. The van der Waals surface area contributed by atoms with Crippen LogP contribution in [0.3, 0.4) is 0 Å². The Labute approximate surface area is 93.7 Å². The van der Waals surface area contributed by atoms with Crippen molar-refractivity contribution in [2.24, 2.45) is 0 Å². The first-order chi connectivity index (χ1) is 7.06. The third kappa shape index (κ3) is 3.19. The van der Waals surface area contributed by atoms with Gasteiger partial charge in [0.2, 0.25) is 0 Å². The summed E-state index contributed by atoms with van der Waals surface area (Å²) in [6.07, 6.45) is 1.85. The Kier molecular flexibility index (Phi) is 4.56. The molecule has 3 heteroatoms. The van der Waals surface area contributed by atoms with E-state index in [4.69, 9.17) is 5.26 Å². The Morgan fingerprint density at radius 1 is 1.47 bits per heavy atom. The Hall–Kier alpha value is -0.590. The molecule has 1 aliphatic heterocycles. The van der Waals surface area contributed by atoms with Crippen LogP contribution >= 0.6 is 0 Å². The summed E-state index contributed by atoms with van der Waals surface area (Å²) in [4.78, 5) is 4.85. The highest BCUT2D eigenvalue weighted by Crippen LogP contribution is 2.18. The van der Waals surface area contributed by atoms with E-state index in [9.17, 15) is 0 Å². The van der Waals surface area contributed by atoms with Crippen LogP contribution in [0.1, 0.15) is 33.6 Å². The van der Waals surface area contributed by atoms with Crippen molar-refractivity contribution in [2.45, 2.75) is 51.7 Å². The minimum absolute atomic E-state index is 0.407. The van der Waals surface area contributed by atoms with Gasteiger partial charge < -0.3 is 4.90 Å². The van der Waals surface area contributed by atoms with Crippen LogP contribution in [0, 0.1) is 11.3 Å². The fourth-order valence-corrected chi connectivity index (χ4v) is 2.32. The zero-order chi connectivity index (χ0) is 11.4. The second-order valence-corrected chi connectivity index (χ2v) is 4.92. The molecule has 3 nitrogen and oxygen atoms in total. The molecule has 2 atom stereocenters. The predicted molar refractivity (Wildman–Crippen MR) is 62.6 cm³/mol. The number of nitriles is 1. The Morgan fingerprint density at radius 2 is 2.13 bits per heavy atom. The highest BCUT2D eigenvalue weighted by Gasteiger charge is 2.27. The fourth-order valence-electron chi connectivity index (χ4n) is 2.32. The molecule has 15 heavy (non-hydrogen) atoms. The minimum atomic E-state index is 0.407. The van der Waals surface area contributed by atoms with Crippen molar-refractivity contribution in [3.8, 4) is 6.07 Å². The van der Waals surface area contributed by atoms with E-state index < -0.39 is 0 Å². The molecule has 0 bridgehead atoms. The van der Waals surface area contributed by atoms with Crippen molar-refractivity contribution in [2.75, 3.05) is 20.1 Å². The van der Waals surface area contributed by atoms with Crippen LogP contribution in [0.2, 0.25) is 0 Å². The SMILES string of the molecule is CC1CCN(C(C)C)C(CC#N)CN1C. The van der Waals surface area contributed by atoms with Crippen molar-refractivity contribution in [3.05, 3.63) is 0 Å². The fraction of sp³-hybridized carbons (Fsp3) is 0.917. The molecule has 0 amide bonds. The van der Waals surface area contributed by atoms with Crippen molar-refractivity contribution in [3.63, 3.8) is 0 Å². The molecule has 86 valence electrons. The summed E-state index contributed by atoms with van der Waals surface area (Å²) in [6.45, 7) is 8.86. The van der Waals surface area contributed by atoms with E-state index in [2.05, 4.69) is 43.7 Å². The first-order valence-corrected chi connectivity index (χ1v) is 5.89. The molecular formula is C12H23N3. The number of nitrogens with zero attached hydrogens (tertiary/aromatic N) is 3. The van der Waals surface area contributed by atoms with E-state index in [1.54, 1.807) is 0 Å². The Morgan fingerprint density at radius 3 is 2.67 bits per heavy atom. The quantitative estimate of drug-likeness (QED) is 0.693. The van der Waals surface area contributed by atoms with Crippen molar-refractivity contribution in [1.29, 1.82) is 5.26 Å². The zero-order valence-electron chi connectivity index (χ0n) is 10.4. The second-order valence-electron chi connectivity index (χ2n) is 4.92. The molecule has 0 aromatic carbocycles. The maximum Gasteiger partial charge on any atom is 0.0638 e. The predicted octanol–water partition coefficient (Wildman–Crippen LogP) is 1.70. The lowest BCUT2D eigenvalue weighted by Gasteiger charge is -2.32. The number of likely N-dealkylation sites (N-methyl/N-ethyl adjacent to an activating group) is 1.